The molecule has 2 aromatic carbocycles. The number of fused-ring (bicyclic) bond motifs is 1. The van der Waals surface area contributed by atoms with Gasteiger partial charge < -0.3 is 10.1 Å². The predicted molar refractivity (Wildman–Crippen MR) is 95.6 cm³/mol. The highest BCUT2D eigenvalue weighted by atomic mass is 32.1. The number of nitrogens with one attached hydrogen (secondary N) is 1. The Hall–Kier alpha value is -2.73. The molecule has 0 saturated heterocycles. The van der Waals surface area contributed by atoms with Crippen LogP contribution in [0.5, 0.6) is 5.75 Å². The van der Waals surface area contributed by atoms with Gasteiger partial charge in [0.05, 0.1) is 17.7 Å². The van der Waals surface area contributed by atoms with Gasteiger partial charge in [0.2, 0.25) is 5.91 Å². The molecule has 3 aromatic rings. The second-order valence-corrected chi connectivity index (χ2v) is 6.66. The maximum absolute atomic E-state index is 13.6. The highest BCUT2D eigenvalue weighted by Crippen LogP contribution is 2.44. The standard InChI is InChI=1S/C19H15FN2O2S/c1-24-14-7-5-11(6-8-14)17-18-19(25-22-17)15(10-16(23)21-18)12-3-2-4-13(20)9-12/h2-9,15H,10H2,1H3,(H,21,23)/t15-/m0/s1. The van der Waals surface area contributed by atoms with E-state index in [-0.39, 0.29) is 17.6 Å². The van der Waals surface area contributed by atoms with Gasteiger partial charge in [-0.15, -0.1) is 0 Å². The number of methoxy groups -OCH3 is 1. The second-order valence-electron chi connectivity index (χ2n) is 5.86. The van der Waals surface area contributed by atoms with Crippen LogP contribution >= 0.6 is 11.5 Å². The Morgan fingerprint density at radius 1 is 1.24 bits per heavy atom. The Labute approximate surface area is 148 Å². The molecule has 1 aliphatic rings. The molecule has 0 spiro atoms. The molecule has 0 fully saturated rings. The maximum Gasteiger partial charge on any atom is 0.225 e. The van der Waals surface area contributed by atoms with Crippen molar-refractivity contribution >= 4 is 23.1 Å². The minimum absolute atomic E-state index is 0.0864. The number of anilines is 1. The fourth-order valence-electron chi connectivity index (χ4n) is 3.07. The van der Waals surface area contributed by atoms with Gasteiger partial charge in [0.25, 0.3) is 0 Å². The van der Waals surface area contributed by atoms with Crippen LogP contribution in [0.25, 0.3) is 11.3 Å². The van der Waals surface area contributed by atoms with Crippen molar-refractivity contribution < 1.29 is 13.9 Å². The Balaban J connectivity index is 1.78. The lowest BCUT2D eigenvalue weighted by atomic mass is 9.89. The lowest BCUT2D eigenvalue weighted by Crippen LogP contribution is -2.22. The molecule has 0 bridgehead atoms. The van der Waals surface area contributed by atoms with Crippen LogP contribution in [0.1, 0.15) is 22.8 Å². The molecule has 2 heterocycles. The number of carbonyl (C=O) groups excluding carboxylic acids is 1. The predicted octanol–water partition coefficient (Wildman–Crippen LogP) is 4.43. The summed E-state index contributed by atoms with van der Waals surface area (Å²) >= 11 is 1.35. The van der Waals surface area contributed by atoms with Crippen LogP contribution in [0, 0.1) is 5.82 Å². The van der Waals surface area contributed by atoms with Gasteiger partial charge in [0.1, 0.15) is 17.3 Å². The SMILES string of the molecule is COc1ccc(-c2nsc3c2NC(=O)C[C@H]3c2cccc(F)c2)cc1. The van der Waals surface area contributed by atoms with E-state index >= 15 is 0 Å². The Bertz CT molecular complexity index is 937. The van der Waals surface area contributed by atoms with Crippen molar-refractivity contribution in [3.8, 4) is 17.0 Å². The normalized spacial score (nSPS) is 16.2. The first-order valence-electron chi connectivity index (χ1n) is 7.85. The number of hydrogen-bond donors (Lipinski definition) is 1. The second kappa shape index (κ2) is 6.29. The quantitative estimate of drug-likeness (QED) is 0.757. The molecule has 25 heavy (non-hydrogen) atoms. The zero-order chi connectivity index (χ0) is 17.4. The van der Waals surface area contributed by atoms with Gasteiger partial charge >= 0.3 is 0 Å². The van der Waals surface area contributed by atoms with E-state index in [1.165, 1.54) is 23.7 Å². The number of rotatable bonds is 3. The highest BCUT2D eigenvalue weighted by Gasteiger charge is 2.31. The van der Waals surface area contributed by atoms with E-state index in [1.807, 2.05) is 30.3 Å². The van der Waals surface area contributed by atoms with E-state index in [0.717, 1.165) is 33.1 Å². The molecule has 6 heteroatoms. The van der Waals surface area contributed by atoms with Gasteiger partial charge in [-0.3, -0.25) is 4.79 Å². The molecule has 4 nitrogen and oxygen atoms in total. The topological polar surface area (TPSA) is 51.2 Å². The summed E-state index contributed by atoms with van der Waals surface area (Å²) in [6, 6.07) is 13.9. The third-order valence-corrected chi connectivity index (χ3v) is 5.26. The summed E-state index contributed by atoms with van der Waals surface area (Å²) in [6.07, 6.45) is 0.292. The van der Waals surface area contributed by atoms with Crippen LogP contribution in [-0.2, 0) is 4.79 Å². The molecular weight excluding hydrogens is 339 g/mol. The van der Waals surface area contributed by atoms with Crippen LogP contribution in [-0.4, -0.2) is 17.4 Å². The van der Waals surface area contributed by atoms with E-state index in [4.69, 9.17) is 4.74 Å². The van der Waals surface area contributed by atoms with Crippen LogP contribution in [0.3, 0.4) is 0 Å². The smallest absolute Gasteiger partial charge is 0.225 e. The summed E-state index contributed by atoms with van der Waals surface area (Å²) in [4.78, 5) is 13.2. The molecule has 0 saturated carbocycles. The monoisotopic (exact) mass is 354 g/mol. The van der Waals surface area contributed by atoms with Gasteiger partial charge in [-0.2, -0.15) is 4.37 Å². The first kappa shape index (κ1) is 15.8. The van der Waals surface area contributed by atoms with Gasteiger partial charge in [0.15, 0.2) is 0 Å². The lowest BCUT2D eigenvalue weighted by Gasteiger charge is -2.23. The fourth-order valence-corrected chi connectivity index (χ4v) is 4.04. The van der Waals surface area contributed by atoms with Gasteiger partial charge in [0, 0.05) is 17.9 Å². The zero-order valence-corrected chi connectivity index (χ0v) is 14.3. The minimum atomic E-state index is -0.301. The van der Waals surface area contributed by atoms with E-state index < -0.39 is 0 Å². The van der Waals surface area contributed by atoms with Crippen LogP contribution in [0.2, 0.25) is 0 Å². The highest BCUT2D eigenvalue weighted by molar-refractivity contribution is 7.07. The summed E-state index contributed by atoms with van der Waals surface area (Å²) in [5.74, 6) is 0.195. The van der Waals surface area contributed by atoms with Crippen molar-refractivity contribution in [1.29, 1.82) is 0 Å². The molecular formula is C19H15FN2O2S. The number of benzene rings is 2. The first-order valence-corrected chi connectivity index (χ1v) is 8.62. The zero-order valence-electron chi connectivity index (χ0n) is 13.5. The average Bonchev–Trinajstić information content (AvgIpc) is 3.04. The summed E-state index contributed by atoms with van der Waals surface area (Å²) in [6.45, 7) is 0. The van der Waals surface area contributed by atoms with Gasteiger partial charge in [-0.05, 0) is 53.5 Å². The van der Waals surface area contributed by atoms with E-state index in [0.29, 0.717) is 6.42 Å². The molecule has 1 aliphatic heterocycles. The van der Waals surface area contributed by atoms with Crippen LogP contribution < -0.4 is 10.1 Å². The van der Waals surface area contributed by atoms with E-state index in [1.54, 1.807) is 13.2 Å². The molecule has 1 atom stereocenters. The molecule has 1 aromatic heterocycles. The van der Waals surface area contributed by atoms with Crippen molar-refractivity contribution in [2.45, 2.75) is 12.3 Å². The van der Waals surface area contributed by atoms with Crippen molar-refractivity contribution in [1.82, 2.24) is 4.37 Å². The van der Waals surface area contributed by atoms with Crippen LogP contribution in [0.15, 0.2) is 48.5 Å². The third-order valence-electron chi connectivity index (χ3n) is 4.30. The Morgan fingerprint density at radius 3 is 2.76 bits per heavy atom. The number of ether oxygens (including phenoxy) is 1. The number of hydrogen-bond acceptors (Lipinski definition) is 4. The van der Waals surface area contributed by atoms with Crippen molar-refractivity contribution in [3.05, 3.63) is 64.8 Å². The summed E-state index contributed by atoms with van der Waals surface area (Å²) in [7, 11) is 1.61. The van der Waals surface area contributed by atoms with E-state index in [2.05, 4.69) is 9.69 Å². The van der Waals surface area contributed by atoms with Crippen LogP contribution in [0.4, 0.5) is 10.1 Å². The van der Waals surface area contributed by atoms with Crippen molar-refractivity contribution in [3.63, 3.8) is 0 Å². The number of amides is 1. The number of carbonyl (C=O) groups is 1. The van der Waals surface area contributed by atoms with Gasteiger partial charge in [-0.1, -0.05) is 12.1 Å². The molecule has 0 aliphatic carbocycles. The molecule has 4 rings (SSSR count). The molecule has 0 radical (unpaired) electrons. The first-order chi connectivity index (χ1) is 12.2. The van der Waals surface area contributed by atoms with Crippen molar-refractivity contribution in [2.75, 3.05) is 12.4 Å². The number of nitrogens with zero attached hydrogens (tertiary/aromatic N) is 1. The number of halogens is 1. The average molecular weight is 354 g/mol. The van der Waals surface area contributed by atoms with Crippen molar-refractivity contribution in [2.24, 2.45) is 0 Å². The minimum Gasteiger partial charge on any atom is -0.497 e. The summed E-state index contributed by atoms with van der Waals surface area (Å²) < 4.78 is 23.3. The third kappa shape index (κ3) is 2.89. The summed E-state index contributed by atoms with van der Waals surface area (Å²) in [5.41, 5.74) is 3.15. The molecule has 1 N–H and O–H groups in total. The summed E-state index contributed by atoms with van der Waals surface area (Å²) in [5, 5.41) is 2.93. The molecule has 126 valence electrons. The number of aromatic nitrogens is 1. The Morgan fingerprint density at radius 2 is 2.04 bits per heavy atom. The fraction of sp³-hybridized carbons (Fsp3) is 0.158. The molecule has 0 unspecified atom stereocenters. The van der Waals surface area contributed by atoms with Gasteiger partial charge in [-0.25, -0.2) is 4.39 Å². The lowest BCUT2D eigenvalue weighted by molar-refractivity contribution is -0.116. The van der Waals surface area contributed by atoms with E-state index in [9.17, 15) is 9.18 Å². The Kier molecular flexibility index (Phi) is 3.97. The largest absolute Gasteiger partial charge is 0.497 e. The molecule has 1 amide bonds. The maximum atomic E-state index is 13.6.